The maximum absolute atomic E-state index is 13.7. The SMILES string of the molecule is C[C@H](N)c1c(F)cccc1N1CCOCC1. The Bertz CT molecular complexity index is 362. The predicted octanol–water partition coefficient (Wildman–Crippen LogP) is 1.68. The fourth-order valence-corrected chi connectivity index (χ4v) is 2.06. The van der Waals surface area contributed by atoms with E-state index in [-0.39, 0.29) is 11.9 Å². The number of nitrogens with zero attached hydrogens (tertiary/aromatic N) is 1. The molecule has 1 saturated heterocycles. The van der Waals surface area contributed by atoms with E-state index in [1.807, 2.05) is 13.0 Å². The third-order valence-electron chi connectivity index (χ3n) is 2.84. The molecule has 1 aromatic rings. The maximum atomic E-state index is 13.7. The molecule has 1 aliphatic heterocycles. The van der Waals surface area contributed by atoms with Gasteiger partial charge in [-0.3, -0.25) is 0 Å². The molecule has 0 aliphatic carbocycles. The molecule has 0 spiro atoms. The van der Waals surface area contributed by atoms with Crippen molar-refractivity contribution < 1.29 is 9.13 Å². The summed E-state index contributed by atoms with van der Waals surface area (Å²) >= 11 is 0. The van der Waals surface area contributed by atoms with Crippen LogP contribution in [0.25, 0.3) is 0 Å². The van der Waals surface area contributed by atoms with Crippen LogP contribution >= 0.6 is 0 Å². The van der Waals surface area contributed by atoms with Crippen LogP contribution in [0.3, 0.4) is 0 Å². The third-order valence-corrected chi connectivity index (χ3v) is 2.84. The summed E-state index contributed by atoms with van der Waals surface area (Å²) in [6.45, 7) is 4.78. The van der Waals surface area contributed by atoms with Gasteiger partial charge in [-0.1, -0.05) is 6.07 Å². The molecule has 0 radical (unpaired) electrons. The van der Waals surface area contributed by atoms with Crippen molar-refractivity contribution in [2.75, 3.05) is 31.2 Å². The van der Waals surface area contributed by atoms with Gasteiger partial charge < -0.3 is 15.4 Å². The molecular weight excluding hydrogens is 207 g/mol. The highest BCUT2D eigenvalue weighted by Gasteiger charge is 2.19. The van der Waals surface area contributed by atoms with Crippen LogP contribution in [0.15, 0.2) is 18.2 Å². The zero-order valence-electron chi connectivity index (χ0n) is 9.45. The Morgan fingerprint density at radius 2 is 2.06 bits per heavy atom. The number of hydrogen-bond acceptors (Lipinski definition) is 3. The van der Waals surface area contributed by atoms with Crippen LogP contribution in [0.1, 0.15) is 18.5 Å². The van der Waals surface area contributed by atoms with Gasteiger partial charge in [0, 0.05) is 30.4 Å². The minimum atomic E-state index is -0.293. The highest BCUT2D eigenvalue weighted by molar-refractivity contribution is 5.55. The van der Waals surface area contributed by atoms with Crippen molar-refractivity contribution in [2.45, 2.75) is 13.0 Å². The number of benzene rings is 1. The molecule has 0 aromatic heterocycles. The molecule has 1 fully saturated rings. The quantitative estimate of drug-likeness (QED) is 0.830. The zero-order chi connectivity index (χ0) is 11.5. The van der Waals surface area contributed by atoms with Crippen LogP contribution in [-0.4, -0.2) is 26.3 Å². The smallest absolute Gasteiger partial charge is 0.130 e. The van der Waals surface area contributed by atoms with E-state index in [2.05, 4.69) is 4.90 Å². The van der Waals surface area contributed by atoms with Crippen molar-refractivity contribution in [2.24, 2.45) is 5.73 Å². The molecule has 1 atom stereocenters. The van der Waals surface area contributed by atoms with E-state index in [1.165, 1.54) is 6.07 Å². The van der Waals surface area contributed by atoms with Gasteiger partial charge in [-0.15, -0.1) is 0 Å². The minimum absolute atomic E-state index is 0.223. The lowest BCUT2D eigenvalue weighted by Gasteiger charge is -2.31. The van der Waals surface area contributed by atoms with Crippen LogP contribution in [-0.2, 0) is 4.74 Å². The van der Waals surface area contributed by atoms with E-state index in [0.29, 0.717) is 18.8 Å². The lowest BCUT2D eigenvalue weighted by molar-refractivity contribution is 0.122. The summed E-state index contributed by atoms with van der Waals surface area (Å²) in [6.07, 6.45) is 0. The molecule has 0 unspecified atom stereocenters. The van der Waals surface area contributed by atoms with Crippen LogP contribution < -0.4 is 10.6 Å². The Labute approximate surface area is 95.0 Å². The van der Waals surface area contributed by atoms with Crippen molar-refractivity contribution in [1.82, 2.24) is 0 Å². The summed E-state index contributed by atoms with van der Waals surface area (Å²) in [4.78, 5) is 2.13. The van der Waals surface area contributed by atoms with Crippen molar-refractivity contribution >= 4 is 5.69 Å². The molecule has 1 aromatic carbocycles. The molecule has 4 heteroatoms. The summed E-state index contributed by atoms with van der Waals surface area (Å²) < 4.78 is 19.0. The Balaban J connectivity index is 2.34. The Morgan fingerprint density at radius 1 is 1.38 bits per heavy atom. The largest absolute Gasteiger partial charge is 0.378 e. The fraction of sp³-hybridized carbons (Fsp3) is 0.500. The maximum Gasteiger partial charge on any atom is 0.130 e. The zero-order valence-corrected chi connectivity index (χ0v) is 9.45. The summed E-state index contributed by atoms with van der Waals surface area (Å²) in [5, 5.41) is 0. The average molecular weight is 224 g/mol. The monoisotopic (exact) mass is 224 g/mol. The summed E-state index contributed by atoms with van der Waals surface area (Å²) in [5.41, 5.74) is 7.33. The Hall–Kier alpha value is -1.13. The van der Waals surface area contributed by atoms with Gasteiger partial charge in [-0.05, 0) is 19.1 Å². The van der Waals surface area contributed by atoms with Crippen molar-refractivity contribution in [3.8, 4) is 0 Å². The standard InChI is InChI=1S/C12H17FN2O/c1-9(14)12-10(13)3-2-4-11(12)15-5-7-16-8-6-15/h2-4,9H,5-8,14H2,1H3/t9-/m0/s1. The van der Waals surface area contributed by atoms with Gasteiger partial charge >= 0.3 is 0 Å². The molecule has 0 amide bonds. The van der Waals surface area contributed by atoms with Crippen LogP contribution in [0.2, 0.25) is 0 Å². The number of morpholine rings is 1. The number of anilines is 1. The molecular formula is C12H17FN2O. The molecule has 88 valence electrons. The van der Waals surface area contributed by atoms with Gasteiger partial charge in [-0.25, -0.2) is 4.39 Å². The van der Waals surface area contributed by atoms with E-state index in [9.17, 15) is 4.39 Å². The Kier molecular flexibility index (Phi) is 3.41. The van der Waals surface area contributed by atoms with E-state index in [1.54, 1.807) is 6.07 Å². The molecule has 2 rings (SSSR count). The average Bonchev–Trinajstić information content (AvgIpc) is 2.29. The molecule has 1 aliphatic rings. The van der Waals surface area contributed by atoms with E-state index >= 15 is 0 Å². The second-order valence-corrected chi connectivity index (χ2v) is 4.06. The van der Waals surface area contributed by atoms with Crippen molar-refractivity contribution in [3.63, 3.8) is 0 Å². The highest BCUT2D eigenvalue weighted by atomic mass is 19.1. The summed E-state index contributed by atoms with van der Waals surface area (Å²) in [7, 11) is 0. The first-order chi connectivity index (χ1) is 7.70. The van der Waals surface area contributed by atoms with Gasteiger partial charge in [0.1, 0.15) is 5.82 Å². The fourth-order valence-electron chi connectivity index (χ4n) is 2.06. The molecule has 0 bridgehead atoms. The Morgan fingerprint density at radius 3 is 2.69 bits per heavy atom. The van der Waals surface area contributed by atoms with E-state index < -0.39 is 0 Å². The third kappa shape index (κ3) is 2.18. The van der Waals surface area contributed by atoms with Crippen molar-refractivity contribution in [1.29, 1.82) is 0 Å². The van der Waals surface area contributed by atoms with Gasteiger partial charge in [0.15, 0.2) is 0 Å². The van der Waals surface area contributed by atoms with Crippen LogP contribution in [0, 0.1) is 5.82 Å². The molecule has 2 N–H and O–H groups in total. The van der Waals surface area contributed by atoms with Gasteiger partial charge in [0.2, 0.25) is 0 Å². The highest BCUT2D eigenvalue weighted by Crippen LogP contribution is 2.28. The topological polar surface area (TPSA) is 38.5 Å². The van der Waals surface area contributed by atoms with Gasteiger partial charge in [0.25, 0.3) is 0 Å². The second kappa shape index (κ2) is 4.80. The van der Waals surface area contributed by atoms with Gasteiger partial charge in [0.05, 0.1) is 13.2 Å². The summed E-state index contributed by atoms with van der Waals surface area (Å²) in [6, 6.07) is 4.82. The number of hydrogen-bond donors (Lipinski definition) is 1. The molecule has 0 saturated carbocycles. The first-order valence-electron chi connectivity index (χ1n) is 5.57. The normalized spacial score (nSPS) is 18.6. The minimum Gasteiger partial charge on any atom is -0.378 e. The van der Waals surface area contributed by atoms with E-state index in [0.717, 1.165) is 18.8 Å². The number of nitrogens with two attached hydrogens (primary N) is 1. The van der Waals surface area contributed by atoms with E-state index in [4.69, 9.17) is 10.5 Å². The van der Waals surface area contributed by atoms with Gasteiger partial charge in [-0.2, -0.15) is 0 Å². The second-order valence-electron chi connectivity index (χ2n) is 4.06. The molecule has 1 heterocycles. The molecule has 3 nitrogen and oxygen atoms in total. The predicted molar refractivity (Wildman–Crippen MR) is 62.0 cm³/mol. The number of rotatable bonds is 2. The lowest BCUT2D eigenvalue weighted by atomic mass is 10.0. The lowest BCUT2D eigenvalue weighted by Crippen LogP contribution is -2.37. The first-order valence-corrected chi connectivity index (χ1v) is 5.57. The molecule has 16 heavy (non-hydrogen) atoms. The number of ether oxygens (including phenoxy) is 1. The summed E-state index contributed by atoms with van der Waals surface area (Å²) in [5.74, 6) is -0.223. The van der Waals surface area contributed by atoms with Crippen molar-refractivity contribution in [3.05, 3.63) is 29.6 Å². The van der Waals surface area contributed by atoms with Crippen LogP contribution in [0.4, 0.5) is 10.1 Å². The first kappa shape index (κ1) is 11.4. The van der Waals surface area contributed by atoms with Crippen LogP contribution in [0.5, 0.6) is 0 Å². The number of halogens is 1.